The van der Waals surface area contributed by atoms with Gasteiger partial charge in [0.1, 0.15) is 5.75 Å². The molecule has 9 heteroatoms. The number of nitrogens with one attached hydrogen (secondary N) is 1. The average Bonchev–Trinajstić information content (AvgIpc) is 3.08. The standard InChI is InChI=1S/C33H41ClN2O5S/c1-21-6-12-30(40-3)27-10-7-25(27)17-36-19-33(14-4-5-23-15-26(34)9-11-28(23)33)20-41-31-13-8-24(16-29(31)36)32(37)35-42(38,39)18-22(21)2/h6,8-9,11-13,15-16,21-22,25,27,30H,4-5,7,10,14,17-20H2,1-3H3,(H,35,37)/b12-6+/t21-,22+,25+,27-,30+,33+/m1/s1. The van der Waals surface area contributed by atoms with Crippen molar-refractivity contribution in [2.24, 2.45) is 23.7 Å². The zero-order valence-corrected chi connectivity index (χ0v) is 26.2. The van der Waals surface area contributed by atoms with Gasteiger partial charge in [-0.15, -0.1) is 0 Å². The highest BCUT2D eigenvalue weighted by molar-refractivity contribution is 7.90. The van der Waals surface area contributed by atoms with Crippen molar-refractivity contribution in [3.8, 4) is 5.75 Å². The second-order valence-electron chi connectivity index (χ2n) is 12.9. The van der Waals surface area contributed by atoms with Gasteiger partial charge in [-0.05, 0) is 97.2 Å². The normalized spacial score (nSPS) is 33.3. The van der Waals surface area contributed by atoms with Crippen LogP contribution in [0.15, 0.2) is 48.6 Å². The fourth-order valence-electron chi connectivity index (χ4n) is 7.40. The third kappa shape index (κ3) is 5.70. The average molecular weight is 613 g/mol. The van der Waals surface area contributed by atoms with Gasteiger partial charge in [-0.25, -0.2) is 13.1 Å². The first kappa shape index (κ1) is 29.5. The Balaban J connectivity index is 1.43. The molecular formula is C33H41ClN2O5S. The van der Waals surface area contributed by atoms with E-state index >= 15 is 0 Å². The molecule has 0 saturated heterocycles. The van der Waals surface area contributed by atoms with Crippen LogP contribution in [0.1, 0.15) is 61.0 Å². The van der Waals surface area contributed by atoms with Gasteiger partial charge in [0.15, 0.2) is 0 Å². The van der Waals surface area contributed by atoms with Crippen LogP contribution in [0.3, 0.4) is 0 Å². The molecule has 6 rings (SSSR count). The summed E-state index contributed by atoms with van der Waals surface area (Å²) in [5.41, 5.74) is 3.48. The van der Waals surface area contributed by atoms with Crippen molar-refractivity contribution in [1.82, 2.24) is 4.72 Å². The maximum absolute atomic E-state index is 13.3. The number of allylic oxidation sites excluding steroid dienone is 1. The van der Waals surface area contributed by atoms with Crippen LogP contribution in [-0.2, 0) is 26.6 Å². The molecule has 42 heavy (non-hydrogen) atoms. The first-order valence-electron chi connectivity index (χ1n) is 15.1. The molecule has 2 heterocycles. The Morgan fingerprint density at radius 3 is 2.71 bits per heavy atom. The second-order valence-corrected chi connectivity index (χ2v) is 15.1. The lowest BCUT2D eigenvalue weighted by atomic mass is 9.68. The van der Waals surface area contributed by atoms with E-state index in [-0.39, 0.29) is 29.1 Å². The van der Waals surface area contributed by atoms with Crippen molar-refractivity contribution in [2.45, 2.75) is 57.5 Å². The lowest BCUT2D eigenvalue weighted by molar-refractivity contribution is 0.0130. The zero-order chi connectivity index (χ0) is 29.6. The van der Waals surface area contributed by atoms with Crippen LogP contribution in [-0.4, -0.2) is 53.0 Å². The molecule has 1 N–H and O–H groups in total. The van der Waals surface area contributed by atoms with E-state index in [1.54, 1.807) is 13.2 Å². The SMILES string of the molecule is CO[C@H]1/C=C/[C@@H](C)[C@@H](C)CS(=O)(=O)NC(=O)c2ccc3c(c2)N(C[C@@H]2CC[C@H]21)C[C@@]1(CCCc2cc(Cl)ccc21)CO3. The van der Waals surface area contributed by atoms with Crippen molar-refractivity contribution in [2.75, 3.05) is 37.5 Å². The molecule has 2 bridgehead atoms. The third-order valence-electron chi connectivity index (χ3n) is 10.2. The molecular weight excluding hydrogens is 572 g/mol. The summed E-state index contributed by atoms with van der Waals surface area (Å²) in [6.45, 7) is 5.99. The quantitative estimate of drug-likeness (QED) is 0.413. The summed E-state index contributed by atoms with van der Waals surface area (Å²) in [6, 6.07) is 11.5. The number of fused-ring (bicyclic) bond motifs is 4. The van der Waals surface area contributed by atoms with E-state index in [2.05, 4.69) is 33.9 Å². The largest absolute Gasteiger partial charge is 0.490 e. The van der Waals surface area contributed by atoms with Crippen LogP contribution in [0.5, 0.6) is 5.75 Å². The number of halogens is 1. The zero-order valence-electron chi connectivity index (χ0n) is 24.6. The molecule has 2 aromatic rings. The molecule has 226 valence electrons. The molecule has 2 aliphatic carbocycles. The second kappa shape index (κ2) is 11.5. The number of carbonyl (C=O) groups excluding carboxylic acids is 1. The van der Waals surface area contributed by atoms with Gasteiger partial charge >= 0.3 is 0 Å². The lowest BCUT2D eigenvalue weighted by Gasteiger charge is -2.46. The number of ether oxygens (including phenoxy) is 2. The number of hydrogen-bond donors (Lipinski definition) is 1. The van der Waals surface area contributed by atoms with Gasteiger partial charge < -0.3 is 14.4 Å². The Kier molecular flexibility index (Phi) is 8.09. The smallest absolute Gasteiger partial charge is 0.264 e. The summed E-state index contributed by atoms with van der Waals surface area (Å²) in [5.74, 6) is 0.573. The number of rotatable bonds is 1. The Morgan fingerprint density at radius 2 is 1.95 bits per heavy atom. The number of nitrogens with zero attached hydrogens (tertiary/aromatic N) is 1. The number of methoxy groups -OCH3 is 1. The molecule has 1 saturated carbocycles. The maximum atomic E-state index is 13.3. The third-order valence-corrected chi connectivity index (χ3v) is 11.9. The Hall–Kier alpha value is -2.55. The number of benzene rings is 2. The molecule has 1 amide bonds. The van der Waals surface area contributed by atoms with Crippen molar-refractivity contribution < 1.29 is 22.7 Å². The molecule has 6 atom stereocenters. The van der Waals surface area contributed by atoms with E-state index in [1.807, 2.05) is 32.0 Å². The molecule has 0 unspecified atom stereocenters. The molecule has 1 fully saturated rings. The van der Waals surface area contributed by atoms with E-state index in [4.69, 9.17) is 21.1 Å². The molecule has 7 nitrogen and oxygen atoms in total. The summed E-state index contributed by atoms with van der Waals surface area (Å²) in [4.78, 5) is 15.7. The maximum Gasteiger partial charge on any atom is 0.264 e. The summed E-state index contributed by atoms with van der Waals surface area (Å²) in [6.07, 6.45) is 9.38. The van der Waals surface area contributed by atoms with Crippen molar-refractivity contribution in [3.63, 3.8) is 0 Å². The Bertz CT molecular complexity index is 1490. The monoisotopic (exact) mass is 612 g/mol. The Labute approximate surface area is 254 Å². The highest BCUT2D eigenvalue weighted by atomic mass is 35.5. The van der Waals surface area contributed by atoms with E-state index in [9.17, 15) is 13.2 Å². The first-order chi connectivity index (χ1) is 20.1. The lowest BCUT2D eigenvalue weighted by Crippen LogP contribution is -2.49. The van der Waals surface area contributed by atoms with Gasteiger partial charge in [0, 0.05) is 36.2 Å². The predicted octanol–water partition coefficient (Wildman–Crippen LogP) is 5.76. The predicted molar refractivity (Wildman–Crippen MR) is 166 cm³/mol. The fourth-order valence-corrected chi connectivity index (χ4v) is 9.08. The molecule has 0 radical (unpaired) electrons. The van der Waals surface area contributed by atoms with Gasteiger partial charge in [0.05, 0.1) is 24.2 Å². The van der Waals surface area contributed by atoms with E-state index < -0.39 is 15.9 Å². The van der Waals surface area contributed by atoms with Crippen molar-refractivity contribution >= 4 is 33.2 Å². The Morgan fingerprint density at radius 1 is 1.12 bits per heavy atom. The fraction of sp³-hybridized carbons (Fsp3) is 0.545. The van der Waals surface area contributed by atoms with Crippen LogP contribution in [0.25, 0.3) is 0 Å². The van der Waals surface area contributed by atoms with Gasteiger partial charge in [-0.2, -0.15) is 0 Å². The molecule has 1 spiro atoms. The number of carbonyl (C=O) groups is 1. The summed E-state index contributed by atoms with van der Waals surface area (Å²) >= 11 is 6.40. The van der Waals surface area contributed by atoms with Crippen molar-refractivity contribution in [3.05, 3.63) is 70.3 Å². The first-order valence-corrected chi connectivity index (χ1v) is 17.2. The van der Waals surface area contributed by atoms with Gasteiger partial charge in [0.25, 0.3) is 5.91 Å². The topological polar surface area (TPSA) is 84.9 Å². The minimum atomic E-state index is -3.84. The van der Waals surface area contributed by atoms with Crippen LogP contribution in [0, 0.1) is 23.7 Å². The highest BCUT2D eigenvalue weighted by Crippen LogP contribution is 2.47. The number of amides is 1. The number of aryl methyl sites for hydroxylation is 1. The molecule has 2 aromatic carbocycles. The summed E-state index contributed by atoms with van der Waals surface area (Å²) < 4.78 is 40.9. The van der Waals surface area contributed by atoms with E-state index in [0.717, 1.165) is 61.7 Å². The van der Waals surface area contributed by atoms with Gasteiger partial charge in [0.2, 0.25) is 10.0 Å². The van der Waals surface area contributed by atoms with Crippen LogP contribution in [0.4, 0.5) is 5.69 Å². The van der Waals surface area contributed by atoms with Gasteiger partial charge in [-0.3, -0.25) is 4.79 Å². The summed E-state index contributed by atoms with van der Waals surface area (Å²) in [5, 5.41) is 0.749. The van der Waals surface area contributed by atoms with E-state index in [1.165, 1.54) is 11.1 Å². The molecule has 0 aromatic heterocycles. The van der Waals surface area contributed by atoms with E-state index in [0.29, 0.717) is 24.0 Å². The molecule has 4 aliphatic rings. The summed E-state index contributed by atoms with van der Waals surface area (Å²) in [7, 11) is -2.08. The van der Waals surface area contributed by atoms with Crippen LogP contribution in [0.2, 0.25) is 5.02 Å². The number of sulfonamides is 1. The number of anilines is 1. The van der Waals surface area contributed by atoms with Gasteiger partial charge in [-0.1, -0.05) is 43.7 Å². The number of hydrogen-bond acceptors (Lipinski definition) is 6. The molecule has 2 aliphatic heterocycles. The van der Waals surface area contributed by atoms with Crippen LogP contribution < -0.4 is 14.4 Å². The van der Waals surface area contributed by atoms with Crippen LogP contribution >= 0.6 is 11.6 Å². The minimum absolute atomic E-state index is 0.00846. The highest BCUT2D eigenvalue weighted by Gasteiger charge is 2.44. The van der Waals surface area contributed by atoms with Crippen molar-refractivity contribution in [1.29, 1.82) is 0 Å². The minimum Gasteiger partial charge on any atom is -0.490 e.